The van der Waals surface area contributed by atoms with Crippen molar-refractivity contribution in [2.24, 2.45) is 18.0 Å². The van der Waals surface area contributed by atoms with Gasteiger partial charge in [0, 0.05) is 24.5 Å². The van der Waals surface area contributed by atoms with E-state index >= 15 is 0 Å². The summed E-state index contributed by atoms with van der Waals surface area (Å²) >= 11 is 0. The van der Waals surface area contributed by atoms with E-state index in [1.165, 1.54) is 0 Å². The van der Waals surface area contributed by atoms with Crippen molar-refractivity contribution in [1.29, 1.82) is 0 Å². The van der Waals surface area contributed by atoms with Crippen molar-refractivity contribution in [2.45, 2.75) is 20.4 Å². The van der Waals surface area contributed by atoms with Crippen LogP contribution >= 0.6 is 0 Å². The Labute approximate surface area is 146 Å². The maximum Gasteiger partial charge on any atom is 0.240 e. The number of rotatable bonds is 4. The Morgan fingerprint density at radius 2 is 2.16 bits per heavy atom. The van der Waals surface area contributed by atoms with Gasteiger partial charge in [0.1, 0.15) is 5.69 Å². The molecule has 128 valence electrons. The Bertz CT molecular complexity index is 958. The van der Waals surface area contributed by atoms with E-state index in [1.807, 2.05) is 29.9 Å². The maximum absolute atomic E-state index is 5.84. The van der Waals surface area contributed by atoms with E-state index in [0.717, 1.165) is 33.7 Å². The number of aryl methyl sites for hydroxylation is 1. The number of nitrogens with zero attached hydrogens (tertiary/aromatic N) is 4. The molecule has 6 nitrogen and oxygen atoms in total. The van der Waals surface area contributed by atoms with Crippen LogP contribution in [0.1, 0.15) is 25.1 Å². The van der Waals surface area contributed by atoms with Crippen LogP contribution in [0.4, 0.5) is 5.69 Å². The molecule has 0 fully saturated rings. The molecule has 3 heterocycles. The highest BCUT2D eigenvalue weighted by Crippen LogP contribution is 2.28. The lowest BCUT2D eigenvalue weighted by Crippen LogP contribution is -2.13. The number of ether oxygens (including phenoxy) is 1. The van der Waals surface area contributed by atoms with Crippen molar-refractivity contribution in [3.8, 4) is 5.88 Å². The quantitative estimate of drug-likeness (QED) is 0.794. The number of benzene rings is 1. The van der Waals surface area contributed by atoms with E-state index in [2.05, 4.69) is 46.4 Å². The van der Waals surface area contributed by atoms with E-state index in [9.17, 15) is 0 Å². The Balaban J connectivity index is 1.61. The minimum Gasteiger partial charge on any atom is -0.476 e. The van der Waals surface area contributed by atoms with Crippen LogP contribution in [-0.4, -0.2) is 27.2 Å². The Hall–Kier alpha value is -2.89. The molecule has 6 heteroatoms. The fraction of sp³-hybridized carbons (Fsp3) is 0.316. The molecular weight excluding hydrogens is 314 g/mol. The van der Waals surface area contributed by atoms with Gasteiger partial charge in [-0.15, -0.1) is 5.10 Å². The minimum atomic E-state index is 0.464. The molecule has 0 spiro atoms. The van der Waals surface area contributed by atoms with E-state index < -0.39 is 0 Å². The van der Waals surface area contributed by atoms with Gasteiger partial charge >= 0.3 is 0 Å². The summed E-state index contributed by atoms with van der Waals surface area (Å²) < 4.78 is 7.68. The van der Waals surface area contributed by atoms with Crippen molar-refractivity contribution in [3.63, 3.8) is 0 Å². The van der Waals surface area contributed by atoms with Crippen molar-refractivity contribution in [2.75, 3.05) is 11.9 Å². The van der Waals surface area contributed by atoms with Crippen LogP contribution in [0.25, 0.3) is 10.9 Å². The highest BCUT2D eigenvalue weighted by Gasteiger charge is 2.17. The molecule has 3 aromatic rings. The molecule has 0 saturated heterocycles. The number of hydrogen-bond acceptors (Lipinski definition) is 5. The molecule has 1 N–H and O–H groups in total. The normalized spacial score (nSPS) is 13.2. The van der Waals surface area contributed by atoms with Gasteiger partial charge in [-0.1, -0.05) is 19.9 Å². The lowest BCUT2D eigenvalue weighted by molar-refractivity contribution is 0.262. The van der Waals surface area contributed by atoms with Gasteiger partial charge in [-0.2, -0.15) is 0 Å². The summed E-state index contributed by atoms with van der Waals surface area (Å²) in [6.45, 7) is 5.58. The fourth-order valence-corrected chi connectivity index (χ4v) is 2.91. The second kappa shape index (κ2) is 6.20. The zero-order valence-electron chi connectivity index (χ0n) is 14.7. The molecule has 0 amide bonds. The van der Waals surface area contributed by atoms with Crippen LogP contribution in [0.3, 0.4) is 0 Å². The maximum atomic E-state index is 5.84. The topological polar surface area (TPSA) is 64.3 Å². The third kappa shape index (κ3) is 2.95. The van der Waals surface area contributed by atoms with Crippen LogP contribution in [-0.2, 0) is 13.6 Å². The average molecular weight is 335 g/mol. The molecule has 1 aliphatic rings. The summed E-state index contributed by atoms with van der Waals surface area (Å²) in [5.41, 5.74) is 4.05. The van der Waals surface area contributed by atoms with Gasteiger partial charge in [0.25, 0.3) is 0 Å². The third-order valence-corrected chi connectivity index (χ3v) is 4.16. The lowest BCUT2D eigenvalue weighted by atomic mass is 10.2. The zero-order valence-corrected chi connectivity index (χ0v) is 14.7. The molecule has 1 aromatic carbocycles. The Morgan fingerprint density at radius 1 is 1.28 bits per heavy atom. The molecule has 4 rings (SSSR count). The van der Waals surface area contributed by atoms with E-state index in [-0.39, 0.29) is 0 Å². The highest BCUT2D eigenvalue weighted by atomic mass is 16.5. The van der Waals surface area contributed by atoms with Crippen LogP contribution < -0.4 is 10.1 Å². The first-order valence-electron chi connectivity index (χ1n) is 8.47. The third-order valence-electron chi connectivity index (χ3n) is 4.16. The molecule has 2 aromatic heterocycles. The fourth-order valence-electron chi connectivity index (χ4n) is 2.91. The predicted octanol–water partition coefficient (Wildman–Crippen LogP) is 3.38. The van der Waals surface area contributed by atoms with E-state index in [1.54, 1.807) is 6.20 Å². The molecule has 0 bridgehead atoms. The van der Waals surface area contributed by atoms with Crippen molar-refractivity contribution >= 4 is 22.4 Å². The van der Waals surface area contributed by atoms with Crippen molar-refractivity contribution in [1.82, 2.24) is 14.8 Å². The Morgan fingerprint density at radius 3 is 3.00 bits per heavy atom. The number of anilines is 1. The van der Waals surface area contributed by atoms with E-state index in [4.69, 9.17) is 4.74 Å². The number of nitrogens with one attached hydrogen (secondary N) is 1. The summed E-state index contributed by atoms with van der Waals surface area (Å²) in [4.78, 5) is 8.98. The molecule has 1 aliphatic heterocycles. The van der Waals surface area contributed by atoms with Crippen LogP contribution in [0.2, 0.25) is 0 Å². The van der Waals surface area contributed by atoms with Gasteiger partial charge in [-0.3, -0.25) is 14.7 Å². The number of pyridine rings is 1. The largest absolute Gasteiger partial charge is 0.476 e. The first kappa shape index (κ1) is 15.6. The van der Waals surface area contributed by atoms with Crippen LogP contribution in [0, 0.1) is 5.92 Å². The smallest absolute Gasteiger partial charge is 0.240 e. The summed E-state index contributed by atoms with van der Waals surface area (Å²) in [6.07, 6.45) is 1.80. The number of aliphatic imine (C=N–C) groups is 1. The summed E-state index contributed by atoms with van der Waals surface area (Å²) in [7, 11) is 1.93. The van der Waals surface area contributed by atoms with Crippen LogP contribution in [0.5, 0.6) is 5.88 Å². The first-order chi connectivity index (χ1) is 12.1. The summed E-state index contributed by atoms with van der Waals surface area (Å²) in [5.74, 6) is 1.96. The number of amidine groups is 1. The molecule has 0 radical (unpaired) electrons. The van der Waals surface area contributed by atoms with Gasteiger partial charge in [0.05, 0.1) is 24.1 Å². The molecular formula is C19H21N5O. The standard InChI is InChI=1S/C19H21N5O/c1-12(2)11-25-19-15-7-6-14(9-16(15)24(3)23-19)22-18-17-13(10-21-18)5-4-8-20-17/h4-9,12H,10-11H2,1-3H3,(H,21,22). The minimum absolute atomic E-state index is 0.464. The number of hydrogen-bond donors (Lipinski definition) is 1. The van der Waals surface area contributed by atoms with Gasteiger partial charge in [0.15, 0.2) is 5.84 Å². The van der Waals surface area contributed by atoms with Gasteiger partial charge in [0.2, 0.25) is 5.88 Å². The molecule has 25 heavy (non-hydrogen) atoms. The monoisotopic (exact) mass is 335 g/mol. The molecule has 0 saturated carbocycles. The van der Waals surface area contributed by atoms with Crippen molar-refractivity contribution in [3.05, 3.63) is 47.8 Å². The second-order valence-electron chi connectivity index (χ2n) is 6.67. The summed E-state index contributed by atoms with van der Waals surface area (Å²) in [5, 5.41) is 8.89. The highest BCUT2D eigenvalue weighted by molar-refractivity contribution is 6.09. The predicted molar refractivity (Wildman–Crippen MR) is 99.1 cm³/mol. The van der Waals surface area contributed by atoms with Gasteiger partial charge in [-0.25, -0.2) is 0 Å². The van der Waals surface area contributed by atoms with Crippen LogP contribution in [0.15, 0.2) is 41.5 Å². The van der Waals surface area contributed by atoms with Gasteiger partial charge in [-0.05, 0) is 30.2 Å². The van der Waals surface area contributed by atoms with E-state index in [0.29, 0.717) is 24.9 Å². The lowest BCUT2D eigenvalue weighted by Gasteiger charge is -2.08. The zero-order chi connectivity index (χ0) is 17.4. The summed E-state index contributed by atoms with van der Waals surface area (Å²) in [6, 6.07) is 10.1. The van der Waals surface area contributed by atoms with Gasteiger partial charge < -0.3 is 10.1 Å². The molecule has 0 atom stereocenters. The molecule has 0 unspecified atom stereocenters. The SMILES string of the molecule is CC(C)COc1nn(C)c2cc(NC3=NCc4cccnc43)ccc12. The average Bonchev–Trinajstić information content (AvgIpc) is 3.15. The van der Waals surface area contributed by atoms with Crippen molar-refractivity contribution < 1.29 is 4.74 Å². The number of aromatic nitrogens is 3. The molecule has 0 aliphatic carbocycles. The first-order valence-corrected chi connectivity index (χ1v) is 8.47. The second-order valence-corrected chi connectivity index (χ2v) is 6.67. The Kier molecular flexibility index (Phi) is 3.87. The number of fused-ring (bicyclic) bond motifs is 2.